The molecule has 0 atom stereocenters. The summed E-state index contributed by atoms with van der Waals surface area (Å²) in [5.41, 5.74) is 12.4. The molecule has 0 N–H and O–H groups in total. The summed E-state index contributed by atoms with van der Waals surface area (Å²) in [6.45, 7) is 25.9. The van der Waals surface area contributed by atoms with Gasteiger partial charge in [0.1, 0.15) is 0 Å². The second kappa shape index (κ2) is 11.3. The normalized spacial score (nSPS) is 16.4. The van der Waals surface area contributed by atoms with Crippen molar-refractivity contribution in [1.82, 2.24) is 9.97 Å². The highest BCUT2D eigenvalue weighted by atomic mass is 15.2. The molecule has 0 amide bonds. The van der Waals surface area contributed by atoms with E-state index in [0.717, 1.165) is 77.9 Å². The standard InChI is InChI=1S/C46H40N4/c1-9-35-39(11-3)49(41-19-15-13-17-37(41)45(35,5)6)29-21-23-31-32-24-22-30(28-34(32)44-43(33(31)27-29)47-25-26-48-44)50-40(12-4)36(10-2)46(7,8)38-18-14-16-20-42(38)50/h9-28H,1-4H2,5-8H3. The maximum Gasteiger partial charge on any atom is 0.0972 e. The van der Waals surface area contributed by atoms with Crippen LogP contribution in [0.1, 0.15) is 38.8 Å². The topological polar surface area (TPSA) is 32.3 Å². The summed E-state index contributed by atoms with van der Waals surface area (Å²) in [6, 6.07) is 30.6. The predicted molar refractivity (Wildman–Crippen MR) is 213 cm³/mol. The van der Waals surface area contributed by atoms with Crippen molar-refractivity contribution >= 4 is 55.3 Å². The van der Waals surface area contributed by atoms with E-state index in [1.54, 1.807) is 12.4 Å². The Labute approximate surface area is 294 Å². The molecule has 2 aliphatic heterocycles. The predicted octanol–water partition coefficient (Wildman–Crippen LogP) is 12.0. The van der Waals surface area contributed by atoms with Crippen molar-refractivity contribution in [2.24, 2.45) is 0 Å². The van der Waals surface area contributed by atoms with Crippen LogP contribution in [0.4, 0.5) is 22.7 Å². The zero-order valence-corrected chi connectivity index (χ0v) is 29.2. The summed E-state index contributed by atoms with van der Waals surface area (Å²) < 4.78 is 0. The molecule has 0 aliphatic carbocycles. The minimum absolute atomic E-state index is 0.223. The van der Waals surface area contributed by atoms with Gasteiger partial charge in [0.25, 0.3) is 0 Å². The first-order valence-electron chi connectivity index (χ1n) is 17.1. The van der Waals surface area contributed by atoms with Gasteiger partial charge in [0.2, 0.25) is 0 Å². The number of benzene rings is 5. The van der Waals surface area contributed by atoms with E-state index in [1.807, 2.05) is 24.3 Å². The lowest BCUT2D eigenvalue weighted by Crippen LogP contribution is -2.33. The minimum Gasteiger partial charge on any atom is -0.310 e. The monoisotopic (exact) mass is 648 g/mol. The van der Waals surface area contributed by atoms with E-state index < -0.39 is 0 Å². The number of rotatable bonds is 6. The Hall–Kier alpha value is -6.00. The Morgan fingerprint density at radius 1 is 0.500 bits per heavy atom. The first-order valence-corrected chi connectivity index (χ1v) is 17.1. The zero-order valence-electron chi connectivity index (χ0n) is 29.2. The van der Waals surface area contributed by atoms with Gasteiger partial charge in [0, 0.05) is 56.8 Å². The highest BCUT2D eigenvalue weighted by molar-refractivity contribution is 6.24. The number of nitrogens with zero attached hydrogens (tertiary/aromatic N) is 4. The molecule has 0 bridgehead atoms. The average Bonchev–Trinajstić information content (AvgIpc) is 3.14. The molecule has 0 fully saturated rings. The zero-order chi connectivity index (χ0) is 34.9. The van der Waals surface area contributed by atoms with Crippen LogP contribution in [-0.4, -0.2) is 9.97 Å². The van der Waals surface area contributed by atoms with Gasteiger partial charge in [-0.15, -0.1) is 0 Å². The molecule has 244 valence electrons. The highest BCUT2D eigenvalue weighted by Crippen LogP contribution is 2.51. The Balaban J connectivity index is 1.38. The molecule has 0 unspecified atom stereocenters. The van der Waals surface area contributed by atoms with Crippen LogP contribution < -0.4 is 9.80 Å². The molecule has 0 saturated heterocycles. The third kappa shape index (κ3) is 4.24. The summed E-state index contributed by atoms with van der Waals surface area (Å²) in [7, 11) is 0. The second-order valence-corrected chi connectivity index (χ2v) is 14.1. The Kier molecular flexibility index (Phi) is 7.06. The van der Waals surface area contributed by atoms with E-state index in [2.05, 4.69) is 149 Å². The molecule has 0 saturated carbocycles. The van der Waals surface area contributed by atoms with Crippen molar-refractivity contribution in [3.05, 3.63) is 182 Å². The number of anilines is 4. The molecule has 2 aliphatic rings. The molecule has 4 nitrogen and oxygen atoms in total. The van der Waals surface area contributed by atoms with Crippen LogP contribution in [-0.2, 0) is 10.8 Å². The second-order valence-electron chi connectivity index (χ2n) is 14.1. The third-order valence-corrected chi connectivity index (χ3v) is 10.8. The van der Waals surface area contributed by atoms with Crippen molar-refractivity contribution in [3.63, 3.8) is 0 Å². The number of hydrogen-bond donors (Lipinski definition) is 0. The minimum atomic E-state index is -0.223. The smallest absolute Gasteiger partial charge is 0.0972 e. The van der Waals surface area contributed by atoms with Crippen LogP contribution in [0.3, 0.4) is 0 Å². The fourth-order valence-electron chi connectivity index (χ4n) is 8.44. The summed E-state index contributed by atoms with van der Waals surface area (Å²) in [6.07, 6.45) is 11.4. The molecule has 0 spiro atoms. The van der Waals surface area contributed by atoms with E-state index in [0.29, 0.717) is 0 Å². The van der Waals surface area contributed by atoms with Gasteiger partial charge in [-0.1, -0.05) is 115 Å². The Morgan fingerprint density at radius 2 is 0.900 bits per heavy atom. The van der Waals surface area contributed by atoms with Gasteiger partial charge in [0.15, 0.2) is 0 Å². The molecule has 3 heterocycles. The highest BCUT2D eigenvalue weighted by Gasteiger charge is 2.38. The van der Waals surface area contributed by atoms with E-state index >= 15 is 0 Å². The number of hydrogen-bond acceptors (Lipinski definition) is 4. The quantitative estimate of drug-likeness (QED) is 0.168. The summed E-state index contributed by atoms with van der Waals surface area (Å²) in [5, 5.41) is 4.33. The summed E-state index contributed by atoms with van der Waals surface area (Å²) >= 11 is 0. The van der Waals surface area contributed by atoms with Crippen molar-refractivity contribution in [2.45, 2.75) is 38.5 Å². The maximum absolute atomic E-state index is 4.96. The van der Waals surface area contributed by atoms with Crippen molar-refractivity contribution in [2.75, 3.05) is 9.80 Å². The maximum atomic E-state index is 4.96. The van der Waals surface area contributed by atoms with Gasteiger partial charge in [-0.2, -0.15) is 0 Å². The molecule has 8 rings (SSSR count). The number of allylic oxidation sites excluding steroid dienone is 6. The van der Waals surface area contributed by atoms with Gasteiger partial charge in [-0.3, -0.25) is 9.97 Å². The first kappa shape index (κ1) is 31.3. The number of para-hydroxylation sites is 2. The Morgan fingerprint density at radius 3 is 1.28 bits per heavy atom. The van der Waals surface area contributed by atoms with Crippen LogP contribution in [0.15, 0.2) is 170 Å². The largest absolute Gasteiger partial charge is 0.310 e. The van der Waals surface area contributed by atoms with E-state index in [1.165, 1.54) is 11.1 Å². The van der Waals surface area contributed by atoms with E-state index in [4.69, 9.17) is 9.97 Å². The van der Waals surface area contributed by atoms with Crippen LogP contribution in [0, 0.1) is 0 Å². The molecule has 50 heavy (non-hydrogen) atoms. The summed E-state index contributed by atoms with van der Waals surface area (Å²) in [5.74, 6) is 0. The van der Waals surface area contributed by atoms with Crippen molar-refractivity contribution < 1.29 is 0 Å². The lowest BCUT2D eigenvalue weighted by molar-refractivity contribution is 0.621. The van der Waals surface area contributed by atoms with Gasteiger partial charge < -0.3 is 9.80 Å². The Bertz CT molecular complexity index is 2330. The molecule has 1 aromatic heterocycles. The molecular formula is C46H40N4. The van der Waals surface area contributed by atoms with Crippen LogP contribution in [0.25, 0.3) is 32.6 Å². The third-order valence-electron chi connectivity index (χ3n) is 10.8. The van der Waals surface area contributed by atoms with E-state index in [-0.39, 0.29) is 10.8 Å². The lowest BCUT2D eigenvalue weighted by Gasteiger charge is -2.42. The summed E-state index contributed by atoms with van der Waals surface area (Å²) in [4.78, 5) is 14.5. The fraction of sp³-hybridized carbons (Fsp3) is 0.130. The van der Waals surface area contributed by atoms with Crippen LogP contribution >= 0.6 is 0 Å². The SMILES string of the molecule is C=CC1=C(C=C)C(C)(C)c2ccccc2N1c1ccc2c3ccc(N4C(C=C)=C(C=C)C(C)(C)c5ccccc54)cc3c3nccnc3c2c1. The van der Waals surface area contributed by atoms with E-state index in [9.17, 15) is 0 Å². The van der Waals surface area contributed by atoms with Gasteiger partial charge in [-0.05, 0) is 81.6 Å². The van der Waals surface area contributed by atoms with Crippen LogP contribution in [0.2, 0.25) is 0 Å². The fourth-order valence-corrected chi connectivity index (χ4v) is 8.44. The first-order chi connectivity index (χ1) is 24.2. The lowest BCUT2D eigenvalue weighted by atomic mass is 9.73. The van der Waals surface area contributed by atoms with Crippen molar-refractivity contribution in [1.29, 1.82) is 0 Å². The number of fused-ring (bicyclic) bond motifs is 8. The van der Waals surface area contributed by atoms with Gasteiger partial charge in [-0.25, -0.2) is 0 Å². The van der Waals surface area contributed by atoms with Crippen molar-refractivity contribution in [3.8, 4) is 0 Å². The van der Waals surface area contributed by atoms with Gasteiger partial charge >= 0.3 is 0 Å². The molecule has 6 aromatic rings. The average molecular weight is 649 g/mol. The molecule has 4 heteroatoms. The molecule has 5 aromatic carbocycles. The van der Waals surface area contributed by atoms with Crippen LogP contribution in [0.5, 0.6) is 0 Å². The van der Waals surface area contributed by atoms with Gasteiger partial charge in [0.05, 0.1) is 22.4 Å². The molecule has 0 radical (unpaired) electrons. The molecular weight excluding hydrogens is 609 g/mol. The number of aromatic nitrogens is 2.